The van der Waals surface area contributed by atoms with Crippen molar-refractivity contribution in [2.24, 2.45) is 5.92 Å². The molecule has 1 aromatic rings. The highest BCUT2D eigenvalue weighted by Crippen LogP contribution is 2.36. The minimum Gasteiger partial charge on any atom is -0.503 e. The van der Waals surface area contributed by atoms with Crippen LogP contribution in [-0.2, 0) is 6.54 Å². The predicted molar refractivity (Wildman–Crippen MR) is 87.2 cm³/mol. The molecule has 1 aliphatic rings. The number of hydrogen-bond acceptors (Lipinski definition) is 4. The molecule has 0 spiro atoms. The van der Waals surface area contributed by atoms with Crippen LogP contribution < -0.4 is 5.43 Å². The normalized spacial score (nSPS) is 22.2. The summed E-state index contributed by atoms with van der Waals surface area (Å²) in [6, 6.07) is 1.87. The number of pyridine rings is 1. The fraction of sp³-hybridized carbons (Fsp3) is 0.706. The first-order valence-electron chi connectivity index (χ1n) is 8.19. The summed E-state index contributed by atoms with van der Waals surface area (Å²) < 4.78 is 2.16. The first kappa shape index (κ1) is 17.0. The quantitative estimate of drug-likeness (QED) is 0.873. The largest absolute Gasteiger partial charge is 0.503 e. The van der Waals surface area contributed by atoms with Crippen LogP contribution in [0.1, 0.15) is 50.0 Å². The van der Waals surface area contributed by atoms with Gasteiger partial charge in [0, 0.05) is 30.9 Å². The molecule has 22 heavy (non-hydrogen) atoms. The van der Waals surface area contributed by atoms with Crippen molar-refractivity contribution < 1.29 is 10.2 Å². The molecule has 1 aromatic heterocycles. The average Bonchev–Trinajstić information content (AvgIpc) is 2.46. The van der Waals surface area contributed by atoms with Gasteiger partial charge in [-0.05, 0) is 32.7 Å². The van der Waals surface area contributed by atoms with Crippen molar-refractivity contribution in [1.29, 1.82) is 0 Å². The molecule has 0 radical (unpaired) electrons. The Morgan fingerprint density at radius 1 is 1.36 bits per heavy atom. The summed E-state index contributed by atoms with van der Waals surface area (Å²) in [5.41, 5.74) is 1.28. The third-order valence-electron chi connectivity index (χ3n) is 4.82. The van der Waals surface area contributed by atoms with E-state index in [0.29, 0.717) is 30.7 Å². The molecule has 2 atom stereocenters. The smallest absolute Gasteiger partial charge is 0.223 e. The molecule has 0 saturated heterocycles. The molecular formula is C17H28N2O3. The van der Waals surface area contributed by atoms with Gasteiger partial charge in [0.25, 0.3) is 0 Å². The summed E-state index contributed by atoms with van der Waals surface area (Å²) in [4.78, 5) is 13.9. The van der Waals surface area contributed by atoms with Crippen molar-refractivity contribution in [1.82, 2.24) is 9.47 Å². The number of aromatic nitrogens is 1. The number of hydrogen-bond donors (Lipinski definition) is 2. The number of aliphatic hydroxyl groups is 1. The lowest BCUT2D eigenvalue weighted by atomic mass is 9.85. The van der Waals surface area contributed by atoms with Gasteiger partial charge in [0.15, 0.2) is 5.75 Å². The van der Waals surface area contributed by atoms with Gasteiger partial charge in [0.2, 0.25) is 5.43 Å². The van der Waals surface area contributed by atoms with Crippen LogP contribution in [0, 0.1) is 12.8 Å². The van der Waals surface area contributed by atoms with Gasteiger partial charge in [-0.3, -0.25) is 9.69 Å². The van der Waals surface area contributed by atoms with Gasteiger partial charge in [-0.1, -0.05) is 19.8 Å². The van der Waals surface area contributed by atoms with Crippen LogP contribution in [0.15, 0.2) is 10.9 Å². The zero-order chi connectivity index (χ0) is 16.3. The number of aliphatic hydroxyl groups excluding tert-OH is 1. The zero-order valence-corrected chi connectivity index (χ0v) is 13.9. The van der Waals surface area contributed by atoms with Crippen LogP contribution in [-0.4, -0.2) is 39.9 Å². The number of aryl methyl sites for hydroxylation is 1. The van der Waals surface area contributed by atoms with E-state index in [1.54, 1.807) is 0 Å². The van der Waals surface area contributed by atoms with Gasteiger partial charge in [0.1, 0.15) is 0 Å². The van der Waals surface area contributed by atoms with Gasteiger partial charge < -0.3 is 14.8 Å². The van der Waals surface area contributed by atoms with E-state index in [0.717, 1.165) is 12.1 Å². The molecule has 0 amide bonds. The molecule has 5 heteroatoms. The molecule has 1 fully saturated rings. The molecular weight excluding hydrogens is 280 g/mol. The fourth-order valence-corrected chi connectivity index (χ4v) is 3.60. The van der Waals surface area contributed by atoms with Gasteiger partial charge >= 0.3 is 0 Å². The summed E-state index contributed by atoms with van der Waals surface area (Å²) in [6.45, 7) is 5.23. The van der Waals surface area contributed by atoms with Gasteiger partial charge in [-0.15, -0.1) is 0 Å². The fourth-order valence-electron chi connectivity index (χ4n) is 3.60. The van der Waals surface area contributed by atoms with Crippen molar-refractivity contribution in [3.05, 3.63) is 27.7 Å². The molecule has 0 aliphatic heterocycles. The van der Waals surface area contributed by atoms with Gasteiger partial charge in [-0.25, -0.2) is 0 Å². The standard InChI is InChI=1S/C17H28N2O3/c1-12-6-4-5-7-14(12)19-13(2)10-16(21)17(22)15(19)11-18(3)8-9-20/h10,12,14,20,22H,4-9,11H2,1-3H3. The maximum atomic E-state index is 12.0. The molecule has 1 heterocycles. The molecule has 2 N–H and O–H groups in total. The zero-order valence-electron chi connectivity index (χ0n) is 13.9. The van der Waals surface area contributed by atoms with Gasteiger partial charge in [-0.2, -0.15) is 0 Å². The van der Waals surface area contributed by atoms with Crippen LogP contribution in [0.2, 0.25) is 0 Å². The van der Waals surface area contributed by atoms with E-state index in [4.69, 9.17) is 5.11 Å². The highest BCUT2D eigenvalue weighted by atomic mass is 16.3. The van der Waals surface area contributed by atoms with E-state index in [-0.39, 0.29) is 17.8 Å². The lowest BCUT2D eigenvalue weighted by Gasteiger charge is -2.35. The van der Waals surface area contributed by atoms with Crippen LogP contribution in [0.4, 0.5) is 0 Å². The van der Waals surface area contributed by atoms with Gasteiger partial charge in [0.05, 0.1) is 12.3 Å². The maximum Gasteiger partial charge on any atom is 0.223 e. The monoisotopic (exact) mass is 308 g/mol. The Kier molecular flexibility index (Phi) is 5.64. The Labute approximate surface area is 132 Å². The second-order valence-corrected chi connectivity index (χ2v) is 6.61. The summed E-state index contributed by atoms with van der Waals surface area (Å²) >= 11 is 0. The number of likely N-dealkylation sites (N-methyl/N-ethyl adjacent to an activating group) is 1. The van der Waals surface area contributed by atoms with Crippen molar-refractivity contribution in [2.75, 3.05) is 20.2 Å². The van der Waals surface area contributed by atoms with Crippen LogP contribution >= 0.6 is 0 Å². The maximum absolute atomic E-state index is 12.0. The molecule has 1 saturated carbocycles. The molecule has 0 aromatic carbocycles. The summed E-state index contributed by atoms with van der Waals surface area (Å²) in [5, 5.41) is 19.4. The molecule has 2 unspecified atom stereocenters. The average molecular weight is 308 g/mol. The summed E-state index contributed by atoms with van der Waals surface area (Å²) in [7, 11) is 1.89. The topological polar surface area (TPSA) is 65.7 Å². The highest BCUT2D eigenvalue weighted by molar-refractivity contribution is 5.30. The SMILES string of the molecule is Cc1cc(=O)c(O)c(CN(C)CCO)n1C1CCCCC1C. The number of rotatable bonds is 5. The van der Waals surface area contributed by atoms with E-state index in [1.165, 1.54) is 25.3 Å². The lowest BCUT2D eigenvalue weighted by Crippen LogP contribution is -2.31. The minimum atomic E-state index is -0.315. The number of nitrogens with zero attached hydrogens (tertiary/aromatic N) is 2. The van der Waals surface area contributed by atoms with E-state index in [9.17, 15) is 9.90 Å². The molecule has 1 aliphatic carbocycles. The molecule has 5 nitrogen and oxygen atoms in total. The van der Waals surface area contributed by atoms with Crippen molar-refractivity contribution >= 4 is 0 Å². The van der Waals surface area contributed by atoms with Crippen molar-refractivity contribution in [3.63, 3.8) is 0 Å². The summed E-state index contributed by atoms with van der Waals surface area (Å²) in [5.74, 6) is 0.393. The van der Waals surface area contributed by atoms with Crippen LogP contribution in [0.5, 0.6) is 5.75 Å². The third-order valence-corrected chi connectivity index (χ3v) is 4.82. The van der Waals surface area contributed by atoms with E-state index in [2.05, 4.69) is 11.5 Å². The van der Waals surface area contributed by atoms with Crippen molar-refractivity contribution in [2.45, 2.75) is 52.1 Å². The first-order chi connectivity index (χ1) is 10.5. The Balaban J connectivity index is 2.46. The highest BCUT2D eigenvalue weighted by Gasteiger charge is 2.27. The van der Waals surface area contributed by atoms with E-state index >= 15 is 0 Å². The van der Waals surface area contributed by atoms with Crippen LogP contribution in [0.25, 0.3) is 0 Å². The second kappa shape index (κ2) is 7.29. The first-order valence-corrected chi connectivity index (χ1v) is 8.19. The third kappa shape index (κ3) is 3.52. The molecule has 0 bridgehead atoms. The second-order valence-electron chi connectivity index (χ2n) is 6.61. The van der Waals surface area contributed by atoms with Crippen LogP contribution in [0.3, 0.4) is 0 Å². The lowest BCUT2D eigenvalue weighted by molar-refractivity contribution is 0.201. The van der Waals surface area contributed by atoms with Crippen molar-refractivity contribution in [3.8, 4) is 5.75 Å². The Hall–Kier alpha value is -1.33. The Bertz CT molecular complexity index is 568. The minimum absolute atomic E-state index is 0.0626. The molecule has 2 rings (SSSR count). The van der Waals surface area contributed by atoms with E-state index < -0.39 is 0 Å². The Morgan fingerprint density at radius 3 is 2.68 bits per heavy atom. The van der Waals surface area contributed by atoms with E-state index in [1.807, 2.05) is 18.9 Å². The number of aromatic hydroxyl groups is 1. The molecule has 124 valence electrons. The Morgan fingerprint density at radius 2 is 2.05 bits per heavy atom. The predicted octanol–water partition coefficient (Wildman–Crippen LogP) is 2.04. The summed E-state index contributed by atoms with van der Waals surface area (Å²) in [6.07, 6.45) is 4.71.